The molecule has 1 heterocycles. The monoisotopic (exact) mass is 473 g/mol. The third-order valence-corrected chi connectivity index (χ3v) is 6.68. The summed E-state index contributed by atoms with van der Waals surface area (Å²) < 4.78 is 10.7. The van der Waals surface area contributed by atoms with E-state index < -0.39 is 12.0 Å². The van der Waals surface area contributed by atoms with Gasteiger partial charge in [0.25, 0.3) is 0 Å². The number of ether oxygens (including phenoxy) is 2. The number of anilines is 3. The fraction of sp³-hybridized carbons (Fsp3) is 0.458. The minimum Gasteiger partial charge on any atom is -0.495 e. The number of nitrogens with one attached hydrogen (secondary N) is 3. The lowest BCUT2D eigenvalue weighted by Crippen LogP contribution is -2.32. The highest BCUT2D eigenvalue weighted by atomic mass is 32.1. The summed E-state index contributed by atoms with van der Waals surface area (Å²) in [6, 6.07) is 4.50. The van der Waals surface area contributed by atoms with Crippen LogP contribution in [0, 0.1) is 5.92 Å². The van der Waals surface area contributed by atoms with Crippen molar-refractivity contribution >= 4 is 45.5 Å². The topological polar surface area (TPSA) is 106 Å². The molecule has 0 saturated carbocycles. The molecule has 1 aromatic heterocycles. The first kappa shape index (κ1) is 24.6. The number of carbonyl (C=O) groups is 3. The Morgan fingerprint density at radius 1 is 1.24 bits per heavy atom. The van der Waals surface area contributed by atoms with Crippen LogP contribution in [0.5, 0.6) is 5.75 Å². The van der Waals surface area contributed by atoms with E-state index in [0.29, 0.717) is 33.6 Å². The SMILES string of the molecule is CCOC(=O)c1c(NC(=O)[C@@H](C)Nc2cc(NC(C)=O)ccc2OC)sc2c1CC[C@@H](C)C2. The molecule has 33 heavy (non-hydrogen) atoms. The number of fused-ring (bicyclic) bond motifs is 1. The summed E-state index contributed by atoms with van der Waals surface area (Å²) in [5.74, 6) is 0.193. The zero-order valence-electron chi connectivity index (χ0n) is 19.7. The van der Waals surface area contributed by atoms with Crippen LogP contribution < -0.4 is 20.7 Å². The van der Waals surface area contributed by atoms with E-state index in [1.54, 1.807) is 32.0 Å². The summed E-state index contributed by atoms with van der Waals surface area (Å²) in [5, 5.41) is 9.32. The average molecular weight is 474 g/mol. The molecule has 0 bridgehead atoms. The average Bonchev–Trinajstić information content (AvgIpc) is 3.10. The van der Waals surface area contributed by atoms with Gasteiger partial charge < -0.3 is 25.4 Å². The van der Waals surface area contributed by atoms with Crippen molar-refractivity contribution in [2.75, 3.05) is 29.7 Å². The highest BCUT2D eigenvalue weighted by molar-refractivity contribution is 7.17. The third kappa shape index (κ3) is 5.84. The van der Waals surface area contributed by atoms with E-state index in [9.17, 15) is 14.4 Å². The standard InChI is InChI=1S/C24H31N3O5S/c1-6-32-24(30)21-17-9-7-13(2)11-20(17)33-23(21)27-22(29)14(3)25-18-12-16(26-15(4)28)8-10-19(18)31-5/h8,10,12-14,25H,6-7,9,11H2,1-5H3,(H,26,28)(H,27,29)/t13-,14-/m1/s1. The molecule has 2 aromatic rings. The van der Waals surface area contributed by atoms with Gasteiger partial charge in [0.05, 0.1) is 25.0 Å². The number of hydrogen-bond donors (Lipinski definition) is 3. The van der Waals surface area contributed by atoms with Gasteiger partial charge in [-0.05, 0) is 62.8 Å². The second-order valence-electron chi connectivity index (χ2n) is 8.23. The number of carbonyl (C=O) groups excluding carboxylic acids is 3. The van der Waals surface area contributed by atoms with Crippen LogP contribution >= 0.6 is 11.3 Å². The van der Waals surface area contributed by atoms with Crippen LogP contribution in [-0.2, 0) is 27.2 Å². The van der Waals surface area contributed by atoms with E-state index in [-0.39, 0.29) is 18.4 Å². The molecule has 1 aliphatic carbocycles. The lowest BCUT2D eigenvalue weighted by atomic mass is 9.88. The van der Waals surface area contributed by atoms with Crippen molar-refractivity contribution < 1.29 is 23.9 Å². The molecule has 2 amide bonds. The van der Waals surface area contributed by atoms with Gasteiger partial charge in [0.1, 0.15) is 16.8 Å². The normalized spacial score (nSPS) is 15.7. The molecule has 1 aromatic carbocycles. The first-order chi connectivity index (χ1) is 15.7. The van der Waals surface area contributed by atoms with E-state index in [1.165, 1.54) is 25.4 Å². The third-order valence-electron chi connectivity index (χ3n) is 5.51. The largest absolute Gasteiger partial charge is 0.495 e. The van der Waals surface area contributed by atoms with Gasteiger partial charge in [0.2, 0.25) is 11.8 Å². The minimum atomic E-state index is -0.639. The summed E-state index contributed by atoms with van der Waals surface area (Å²) in [7, 11) is 1.53. The summed E-state index contributed by atoms with van der Waals surface area (Å²) in [4.78, 5) is 38.3. The molecule has 178 valence electrons. The van der Waals surface area contributed by atoms with Crippen molar-refractivity contribution in [3.05, 3.63) is 34.2 Å². The second-order valence-corrected chi connectivity index (χ2v) is 9.33. The molecular formula is C24H31N3O5S. The number of rotatable bonds is 8. The van der Waals surface area contributed by atoms with Crippen LogP contribution in [0.3, 0.4) is 0 Å². The van der Waals surface area contributed by atoms with Crippen LogP contribution in [0.4, 0.5) is 16.4 Å². The quantitative estimate of drug-likeness (QED) is 0.489. The van der Waals surface area contributed by atoms with E-state index in [4.69, 9.17) is 9.47 Å². The highest BCUT2D eigenvalue weighted by Crippen LogP contribution is 2.40. The zero-order valence-corrected chi connectivity index (χ0v) is 20.5. The molecule has 0 aliphatic heterocycles. The van der Waals surface area contributed by atoms with Gasteiger partial charge in [0, 0.05) is 17.5 Å². The molecule has 0 radical (unpaired) electrons. The Hall–Kier alpha value is -3.07. The first-order valence-corrected chi connectivity index (χ1v) is 11.9. The first-order valence-electron chi connectivity index (χ1n) is 11.1. The number of methoxy groups -OCH3 is 1. The van der Waals surface area contributed by atoms with Crippen molar-refractivity contribution in [2.24, 2.45) is 5.92 Å². The van der Waals surface area contributed by atoms with Crippen LogP contribution in [0.1, 0.15) is 54.9 Å². The van der Waals surface area contributed by atoms with Gasteiger partial charge in [-0.15, -0.1) is 11.3 Å². The van der Waals surface area contributed by atoms with Gasteiger partial charge in [-0.1, -0.05) is 6.92 Å². The number of benzene rings is 1. The maximum absolute atomic E-state index is 13.1. The lowest BCUT2D eigenvalue weighted by Gasteiger charge is -2.19. The van der Waals surface area contributed by atoms with Gasteiger partial charge >= 0.3 is 5.97 Å². The molecule has 0 spiro atoms. The minimum absolute atomic E-state index is 0.195. The van der Waals surface area contributed by atoms with Gasteiger partial charge in [0.15, 0.2) is 0 Å². The maximum atomic E-state index is 13.1. The van der Waals surface area contributed by atoms with Crippen LogP contribution in [0.15, 0.2) is 18.2 Å². The Balaban J connectivity index is 1.81. The lowest BCUT2D eigenvalue weighted by molar-refractivity contribution is -0.116. The Bertz CT molecular complexity index is 1050. The van der Waals surface area contributed by atoms with Crippen LogP contribution in [0.2, 0.25) is 0 Å². The molecule has 8 nitrogen and oxygen atoms in total. The Kier molecular flexibility index (Phi) is 7.97. The van der Waals surface area contributed by atoms with Gasteiger partial charge in [-0.25, -0.2) is 4.79 Å². The van der Waals surface area contributed by atoms with Gasteiger partial charge in [-0.3, -0.25) is 9.59 Å². The zero-order chi connectivity index (χ0) is 24.1. The molecule has 0 unspecified atom stereocenters. The second kappa shape index (κ2) is 10.7. The predicted molar refractivity (Wildman–Crippen MR) is 130 cm³/mol. The van der Waals surface area contributed by atoms with E-state index >= 15 is 0 Å². The van der Waals surface area contributed by atoms with E-state index in [0.717, 1.165) is 29.7 Å². The molecule has 1 aliphatic rings. The molecule has 3 N–H and O–H groups in total. The summed E-state index contributed by atoms with van der Waals surface area (Å²) in [6.45, 7) is 7.38. The van der Waals surface area contributed by atoms with Crippen molar-refractivity contribution in [1.82, 2.24) is 0 Å². The molecule has 9 heteroatoms. The van der Waals surface area contributed by atoms with Crippen molar-refractivity contribution in [2.45, 2.75) is 53.0 Å². The van der Waals surface area contributed by atoms with Crippen LogP contribution in [0.25, 0.3) is 0 Å². The Morgan fingerprint density at radius 3 is 2.67 bits per heavy atom. The number of hydrogen-bond acceptors (Lipinski definition) is 7. The highest BCUT2D eigenvalue weighted by Gasteiger charge is 2.30. The molecular weight excluding hydrogens is 442 g/mol. The van der Waals surface area contributed by atoms with Crippen molar-refractivity contribution in [3.8, 4) is 5.75 Å². The summed E-state index contributed by atoms with van der Waals surface area (Å²) >= 11 is 1.46. The van der Waals surface area contributed by atoms with Crippen molar-refractivity contribution in [1.29, 1.82) is 0 Å². The molecule has 0 fully saturated rings. The van der Waals surface area contributed by atoms with Gasteiger partial charge in [-0.2, -0.15) is 0 Å². The van der Waals surface area contributed by atoms with E-state index in [1.807, 2.05) is 0 Å². The molecule has 3 rings (SSSR count). The Morgan fingerprint density at radius 2 is 2.00 bits per heavy atom. The van der Waals surface area contributed by atoms with Crippen molar-refractivity contribution in [3.63, 3.8) is 0 Å². The fourth-order valence-corrected chi connectivity index (χ4v) is 5.28. The van der Waals surface area contributed by atoms with Crippen LogP contribution in [-0.4, -0.2) is 37.5 Å². The summed E-state index contributed by atoms with van der Waals surface area (Å²) in [5.41, 5.74) is 2.63. The smallest absolute Gasteiger partial charge is 0.341 e. The number of thiophene rings is 1. The molecule has 0 saturated heterocycles. The number of amides is 2. The predicted octanol–water partition coefficient (Wildman–Crippen LogP) is 4.46. The number of esters is 1. The maximum Gasteiger partial charge on any atom is 0.341 e. The Labute approximate surface area is 198 Å². The summed E-state index contributed by atoms with van der Waals surface area (Å²) in [6.07, 6.45) is 2.70. The van der Waals surface area contributed by atoms with E-state index in [2.05, 4.69) is 22.9 Å². The fourth-order valence-electron chi connectivity index (χ4n) is 3.88. The molecule has 2 atom stereocenters.